The number of furan rings is 1. The average molecular weight is 271 g/mol. The smallest absolute Gasteiger partial charge is 0.133 e. The van der Waals surface area contributed by atoms with Crippen LogP contribution in [0.3, 0.4) is 0 Å². The molecular weight excluding hydrogens is 254 g/mol. The SMILES string of the molecule is Cn1ccnc1C(NCCc1cnc[nH]1)c1ccco1. The molecule has 0 fully saturated rings. The average Bonchev–Trinajstić information content (AvgIpc) is 3.18. The van der Waals surface area contributed by atoms with Gasteiger partial charge in [0.1, 0.15) is 17.6 Å². The number of aromatic amines is 1. The highest BCUT2D eigenvalue weighted by molar-refractivity contribution is 5.15. The summed E-state index contributed by atoms with van der Waals surface area (Å²) in [4.78, 5) is 11.5. The molecule has 3 aromatic heterocycles. The Hall–Kier alpha value is -2.34. The lowest BCUT2D eigenvalue weighted by atomic mass is 10.2. The lowest BCUT2D eigenvalue weighted by Gasteiger charge is -2.16. The minimum absolute atomic E-state index is 0.0482. The van der Waals surface area contributed by atoms with Gasteiger partial charge in [-0.05, 0) is 12.1 Å². The maximum atomic E-state index is 5.53. The van der Waals surface area contributed by atoms with E-state index in [2.05, 4.69) is 20.3 Å². The van der Waals surface area contributed by atoms with E-state index < -0.39 is 0 Å². The zero-order valence-electron chi connectivity index (χ0n) is 11.3. The predicted octanol–water partition coefficient (Wildman–Crippen LogP) is 1.66. The number of nitrogens with one attached hydrogen (secondary N) is 2. The van der Waals surface area contributed by atoms with Crippen LogP contribution < -0.4 is 5.32 Å². The van der Waals surface area contributed by atoms with E-state index in [1.165, 1.54) is 0 Å². The number of nitrogens with zero attached hydrogens (tertiary/aromatic N) is 3. The van der Waals surface area contributed by atoms with Crippen LogP contribution in [0.2, 0.25) is 0 Å². The molecule has 3 aromatic rings. The van der Waals surface area contributed by atoms with E-state index >= 15 is 0 Å². The Kier molecular flexibility index (Phi) is 3.64. The second-order valence-corrected chi connectivity index (χ2v) is 4.63. The maximum Gasteiger partial charge on any atom is 0.133 e. The third kappa shape index (κ3) is 2.65. The highest BCUT2D eigenvalue weighted by Crippen LogP contribution is 2.20. The molecule has 6 heteroatoms. The van der Waals surface area contributed by atoms with Crippen LogP contribution in [-0.2, 0) is 13.5 Å². The van der Waals surface area contributed by atoms with Gasteiger partial charge in [-0.1, -0.05) is 0 Å². The fraction of sp³-hybridized carbons (Fsp3) is 0.286. The van der Waals surface area contributed by atoms with Crippen LogP contribution in [0, 0.1) is 0 Å². The molecule has 0 radical (unpaired) electrons. The lowest BCUT2D eigenvalue weighted by Crippen LogP contribution is -2.26. The number of hydrogen-bond acceptors (Lipinski definition) is 4. The van der Waals surface area contributed by atoms with Gasteiger partial charge in [0.15, 0.2) is 0 Å². The third-order valence-electron chi connectivity index (χ3n) is 3.24. The maximum absolute atomic E-state index is 5.53. The van der Waals surface area contributed by atoms with Crippen molar-refractivity contribution in [3.05, 3.63) is 60.6 Å². The van der Waals surface area contributed by atoms with Gasteiger partial charge in [-0.25, -0.2) is 9.97 Å². The van der Waals surface area contributed by atoms with E-state index in [9.17, 15) is 0 Å². The number of aromatic nitrogens is 4. The molecular formula is C14H17N5O. The van der Waals surface area contributed by atoms with Crippen molar-refractivity contribution in [1.82, 2.24) is 24.8 Å². The van der Waals surface area contributed by atoms with Gasteiger partial charge in [0.05, 0.1) is 12.6 Å². The van der Waals surface area contributed by atoms with E-state index in [-0.39, 0.29) is 6.04 Å². The summed E-state index contributed by atoms with van der Waals surface area (Å²) in [6, 6.07) is 3.80. The first kappa shape index (κ1) is 12.7. The molecule has 0 spiro atoms. The van der Waals surface area contributed by atoms with Crippen LogP contribution in [0.15, 0.2) is 47.7 Å². The molecule has 0 aliphatic heterocycles. The number of aryl methyl sites for hydroxylation is 1. The van der Waals surface area contributed by atoms with Crippen molar-refractivity contribution < 1.29 is 4.42 Å². The molecule has 0 aliphatic carbocycles. The summed E-state index contributed by atoms with van der Waals surface area (Å²) >= 11 is 0. The highest BCUT2D eigenvalue weighted by atomic mass is 16.3. The van der Waals surface area contributed by atoms with Gasteiger partial charge in [-0.3, -0.25) is 0 Å². The first-order valence-corrected chi connectivity index (χ1v) is 6.56. The van der Waals surface area contributed by atoms with Crippen LogP contribution in [0.1, 0.15) is 23.3 Å². The molecule has 3 heterocycles. The Balaban J connectivity index is 1.72. The number of rotatable bonds is 6. The van der Waals surface area contributed by atoms with E-state index in [0.717, 1.165) is 30.2 Å². The van der Waals surface area contributed by atoms with Crippen molar-refractivity contribution in [2.24, 2.45) is 7.05 Å². The zero-order chi connectivity index (χ0) is 13.8. The van der Waals surface area contributed by atoms with E-state index in [4.69, 9.17) is 4.42 Å². The van der Waals surface area contributed by atoms with Crippen molar-refractivity contribution in [3.8, 4) is 0 Å². The number of H-pyrrole nitrogens is 1. The first-order chi connectivity index (χ1) is 9.84. The zero-order valence-corrected chi connectivity index (χ0v) is 11.3. The Morgan fingerprint density at radius 3 is 3.10 bits per heavy atom. The molecule has 1 unspecified atom stereocenters. The van der Waals surface area contributed by atoms with Gasteiger partial charge >= 0.3 is 0 Å². The van der Waals surface area contributed by atoms with Crippen molar-refractivity contribution >= 4 is 0 Å². The van der Waals surface area contributed by atoms with Crippen molar-refractivity contribution in [3.63, 3.8) is 0 Å². The summed E-state index contributed by atoms with van der Waals surface area (Å²) in [5.74, 6) is 1.80. The number of imidazole rings is 2. The van der Waals surface area contributed by atoms with E-state index in [0.29, 0.717) is 0 Å². The Labute approximate surface area is 116 Å². The molecule has 0 aliphatic rings. The van der Waals surface area contributed by atoms with Crippen LogP contribution in [0.4, 0.5) is 0 Å². The topological polar surface area (TPSA) is 71.7 Å². The highest BCUT2D eigenvalue weighted by Gasteiger charge is 2.20. The molecule has 0 saturated heterocycles. The van der Waals surface area contributed by atoms with E-state index in [1.54, 1.807) is 18.8 Å². The van der Waals surface area contributed by atoms with Crippen LogP contribution >= 0.6 is 0 Å². The molecule has 0 amide bonds. The Morgan fingerprint density at radius 2 is 2.45 bits per heavy atom. The fourth-order valence-corrected chi connectivity index (χ4v) is 2.20. The predicted molar refractivity (Wildman–Crippen MR) is 74.1 cm³/mol. The second kappa shape index (κ2) is 5.75. The standard InChI is InChI=1S/C14H17N5O/c1-19-7-6-17-14(19)13(12-3-2-8-20-12)16-5-4-11-9-15-10-18-11/h2-3,6-10,13,16H,4-5H2,1H3,(H,15,18). The Bertz CT molecular complexity index is 626. The molecule has 0 bridgehead atoms. The molecule has 0 saturated carbocycles. The second-order valence-electron chi connectivity index (χ2n) is 4.63. The molecule has 2 N–H and O–H groups in total. The lowest BCUT2D eigenvalue weighted by molar-refractivity contribution is 0.431. The summed E-state index contributed by atoms with van der Waals surface area (Å²) in [6.45, 7) is 0.806. The molecule has 1 atom stereocenters. The minimum atomic E-state index is -0.0482. The molecule has 3 rings (SSSR count). The van der Waals surface area contributed by atoms with Crippen LogP contribution in [0.5, 0.6) is 0 Å². The van der Waals surface area contributed by atoms with Gasteiger partial charge in [-0.2, -0.15) is 0 Å². The van der Waals surface area contributed by atoms with Crippen molar-refractivity contribution in [2.45, 2.75) is 12.5 Å². The largest absolute Gasteiger partial charge is 0.467 e. The van der Waals surface area contributed by atoms with Crippen LogP contribution in [0.25, 0.3) is 0 Å². The van der Waals surface area contributed by atoms with Gasteiger partial charge < -0.3 is 19.3 Å². The van der Waals surface area contributed by atoms with Gasteiger partial charge in [0, 0.05) is 44.3 Å². The summed E-state index contributed by atoms with van der Waals surface area (Å²) in [7, 11) is 1.98. The van der Waals surface area contributed by atoms with Gasteiger partial charge in [0.25, 0.3) is 0 Å². The summed E-state index contributed by atoms with van der Waals surface area (Å²) in [6.07, 6.45) is 9.82. The third-order valence-corrected chi connectivity index (χ3v) is 3.24. The summed E-state index contributed by atoms with van der Waals surface area (Å²) < 4.78 is 7.52. The number of hydrogen-bond donors (Lipinski definition) is 2. The summed E-state index contributed by atoms with van der Waals surface area (Å²) in [5, 5.41) is 3.48. The van der Waals surface area contributed by atoms with Crippen LogP contribution in [-0.4, -0.2) is 26.1 Å². The fourth-order valence-electron chi connectivity index (χ4n) is 2.20. The monoisotopic (exact) mass is 271 g/mol. The molecule has 6 nitrogen and oxygen atoms in total. The van der Waals surface area contributed by atoms with Crippen molar-refractivity contribution in [1.29, 1.82) is 0 Å². The quantitative estimate of drug-likeness (QED) is 0.715. The molecule has 104 valence electrons. The van der Waals surface area contributed by atoms with Gasteiger partial charge in [0.2, 0.25) is 0 Å². The molecule has 0 aromatic carbocycles. The first-order valence-electron chi connectivity index (χ1n) is 6.56. The normalized spacial score (nSPS) is 12.7. The minimum Gasteiger partial charge on any atom is -0.467 e. The van der Waals surface area contributed by atoms with E-state index in [1.807, 2.05) is 36.1 Å². The van der Waals surface area contributed by atoms with Crippen molar-refractivity contribution in [2.75, 3.05) is 6.54 Å². The van der Waals surface area contributed by atoms with Gasteiger partial charge in [-0.15, -0.1) is 0 Å². The molecule has 20 heavy (non-hydrogen) atoms. The summed E-state index contributed by atoms with van der Waals surface area (Å²) in [5.41, 5.74) is 1.11. The Morgan fingerprint density at radius 1 is 1.50 bits per heavy atom.